The van der Waals surface area contributed by atoms with Crippen molar-refractivity contribution in [2.75, 3.05) is 20.8 Å². The maximum Gasteiger partial charge on any atom is 0.156 e. The van der Waals surface area contributed by atoms with E-state index in [0.29, 0.717) is 13.0 Å². The molecule has 0 aromatic heterocycles. The van der Waals surface area contributed by atoms with Gasteiger partial charge in [-0.2, -0.15) is 0 Å². The molecule has 0 spiro atoms. The molecule has 0 amide bonds. The largest absolute Gasteiger partial charge is 0.384 e. The first-order valence-electron chi connectivity index (χ1n) is 2.51. The fourth-order valence-corrected chi connectivity index (χ4v) is 0.337. The van der Waals surface area contributed by atoms with Gasteiger partial charge in [0, 0.05) is 20.6 Å². The number of hydrogen-bond acceptors (Lipinski definition) is 3. The van der Waals surface area contributed by atoms with Gasteiger partial charge in [-0.05, 0) is 0 Å². The molecule has 1 N–H and O–H groups in total. The molecule has 3 nitrogen and oxygen atoms in total. The highest BCUT2D eigenvalue weighted by molar-refractivity contribution is 4.36. The van der Waals surface area contributed by atoms with Crippen molar-refractivity contribution in [3.05, 3.63) is 0 Å². The summed E-state index contributed by atoms with van der Waals surface area (Å²) in [6, 6.07) is 0. The Morgan fingerprint density at radius 3 is 2.50 bits per heavy atom. The first-order chi connectivity index (χ1) is 3.81. The molecule has 50 valence electrons. The van der Waals surface area contributed by atoms with Crippen LogP contribution < -0.4 is 0 Å². The first-order valence-corrected chi connectivity index (χ1v) is 2.51. The van der Waals surface area contributed by atoms with E-state index in [-0.39, 0.29) is 0 Å². The average Bonchev–Trinajstić information content (AvgIpc) is 1.83. The number of aliphatic hydroxyl groups is 1. The normalized spacial score (nSPS) is 13.9. The highest BCUT2D eigenvalue weighted by Gasteiger charge is 1.97. The fraction of sp³-hybridized carbons (Fsp3) is 1.00. The second-order valence-corrected chi connectivity index (χ2v) is 1.47. The highest BCUT2D eigenvalue weighted by atomic mass is 16.6. The minimum absolute atomic E-state index is 0.535. The summed E-state index contributed by atoms with van der Waals surface area (Å²) in [5, 5.41) is 8.69. The molecule has 1 unspecified atom stereocenters. The summed E-state index contributed by atoms with van der Waals surface area (Å²) >= 11 is 0. The van der Waals surface area contributed by atoms with E-state index in [0.717, 1.165) is 0 Å². The molecular formula is C5H12O3. The second-order valence-electron chi connectivity index (χ2n) is 1.47. The predicted octanol–water partition coefficient (Wildman–Crippen LogP) is -0.0123. The Kier molecular flexibility index (Phi) is 4.95. The van der Waals surface area contributed by atoms with Crippen molar-refractivity contribution in [3.8, 4) is 0 Å². The summed E-state index contributed by atoms with van der Waals surface area (Å²) in [5.74, 6) is 0. The third-order valence-corrected chi connectivity index (χ3v) is 0.841. The second kappa shape index (κ2) is 5.03. The van der Waals surface area contributed by atoms with Gasteiger partial charge in [0.2, 0.25) is 0 Å². The molecule has 0 aliphatic heterocycles. The Bertz CT molecular complexity index is 46.9. The van der Waals surface area contributed by atoms with E-state index >= 15 is 0 Å². The van der Waals surface area contributed by atoms with E-state index in [1.165, 1.54) is 7.11 Å². The van der Waals surface area contributed by atoms with Crippen LogP contribution in [0.3, 0.4) is 0 Å². The molecule has 0 aliphatic rings. The zero-order chi connectivity index (χ0) is 6.41. The van der Waals surface area contributed by atoms with Gasteiger partial charge in [-0.25, -0.2) is 0 Å². The smallest absolute Gasteiger partial charge is 0.156 e. The van der Waals surface area contributed by atoms with Crippen LogP contribution in [0.15, 0.2) is 0 Å². The molecule has 0 rings (SSSR count). The zero-order valence-corrected chi connectivity index (χ0v) is 5.26. The lowest BCUT2D eigenvalue weighted by molar-refractivity contribution is -0.0874. The van der Waals surface area contributed by atoms with E-state index in [4.69, 9.17) is 5.11 Å². The van der Waals surface area contributed by atoms with Crippen LogP contribution in [0.25, 0.3) is 0 Å². The van der Waals surface area contributed by atoms with Crippen LogP contribution in [0.4, 0.5) is 0 Å². The van der Waals surface area contributed by atoms with Crippen molar-refractivity contribution in [3.63, 3.8) is 0 Å². The maximum atomic E-state index is 8.69. The molecule has 0 saturated carbocycles. The molecule has 0 radical (unpaired) electrons. The standard InChI is InChI=1S/C5H12O3/c1-7-4-3-5(6)8-2/h5-6H,3-4H2,1-2H3. The van der Waals surface area contributed by atoms with Crippen molar-refractivity contribution in [1.82, 2.24) is 0 Å². The Morgan fingerprint density at radius 2 is 2.12 bits per heavy atom. The summed E-state index contributed by atoms with van der Waals surface area (Å²) in [6.45, 7) is 0.537. The van der Waals surface area contributed by atoms with E-state index in [2.05, 4.69) is 9.47 Å². The summed E-state index contributed by atoms with van der Waals surface area (Å²) in [5.41, 5.74) is 0. The molecule has 0 fully saturated rings. The zero-order valence-electron chi connectivity index (χ0n) is 5.26. The van der Waals surface area contributed by atoms with E-state index in [1.54, 1.807) is 7.11 Å². The van der Waals surface area contributed by atoms with Gasteiger partial charge in [0.15, 0.2) is 6.29 Å². The van der Waals surface area contributed by atoms with E-state index < -0.39 is 6.29 Å². The van der Waals surface area contributed by atoms with Crippen molar-refractivity contribution in [2.24, 2.45) is 0 Å². The average molecular weight is 120 g/mol. The molecule has 0 aromatic rings. The lowest BCUT2D eigenvalue weighted by Crippen LogP contribution is -2.11. The quantitative estimate of drug-likeness (QED) is 0.530. The van der Waals surface area contributed by atoms with Gasteiger partial charge >= 0.3 is 0 Å². The highest BCUT2D eigenvalue weighted by Crippen LogP contribution is 1.89. The lowest BCUT2D eigenvalue weighted by atomic mass is 10.4. The van der Waals surface area contributed by atoms with Crippen LogP contribution in [-0.2, 0) is 9.47 Å². The minimum atomic E-state index is -0.671. The fourth-order valence-electron chi connectivity index (χ4n) is 0.337. The summed E-state index contributed by atoms with van der Waals surface area (Å²) in [6.07, 6.45) is -0.137. The van der Waals surface area contributed by atoms with Crippen molar-refractivity contribution in [2.45, 2.75) is 12.7 Å². The molecule has 0 aliphatic carbocycles. The molecule has 3 heteroatoms. The van der Waals surface area contributed by atoms with E-state index in [1.807, 2.05) is 0 Å². The molecule has 0 aromatic carbocycles. The Morgan fingerprint density at radius 1 is 1.50 bits per heavy atom. The van der Waals surface area contributed by atoms with Gasteiger partial charge < -0.3 is 14.6 Å². The monoisotopic (exact) mass is 120 g/mol. The first kappa shape index (κ1) is 7.88. The third kappa shape index (κ3) is 4.05. The molecule has 8 heavy (non-hydrogen) atoms. The van der Waals surface area contributed by atoms with Gasteiger partial charge in [-0.3, -0.25) is 0 Å². The van der Waals surface area contributed by atoms with Crippen LogP contribution in [0, 0.1) is 0 Å². The van der Waals surface area contributed by atoms with Gasteiger partial charge in [0.1, 0.15) is 0 Å². The number of rotatable bonds is 4. The van der Waals surface area contributed by atoms with Gasteiger partial charge in [-0.1, -0.05) is 0 Å². The minimum Gasteiger partial charge on any atom is -0.384 e. The molecule has 1 atom stereocenters. The third-order valence-electron chi connectivity index (χ3n) is 0.841. The van der Waals surface area contributed by atoms with Crippen LogP contribution in [0.5, 0.6) is 0 Å². The lowest BCUT2D eigenvalue weighted by Gasteiger charge is -2.05. The van der Waals surface area contributed by atoms with Crippen LogP contribution >= 0.6 is 0 Å². The van der Waals surface area contributed by atoms with Crippen LogP contribution in [0.1, 0.15) is 6.42 Å². The number of hydrogen-bond donors (Lipinski definition) is 1. The number of ether oxygens (including phenoxy) is 2. The molecule has 0 heterocycles. The van der Waals surface area contributed by atoms with Gasteiger partial charge in [-0.15, -0.1) is 0 Å². The van der Waals surface area contributed by atoms with Crippen molar-refractivity contribution >= 4 is 0 Å². The Hall–Kier alpha value is -0.120. The van der Waals surface area contributed by atoms with Crippen molar-refractivity contribution in [1.29, 1.82) is 0 Å². The number of methoxy groups -OCH3 is 2. The van der Waals surface area contributed by atoms with Gasteiger partial charge in [0.25, 0.3) is 0 Å². The van der Waals surface area contributed by atoms with Crippen molar-refractivity contribution < 1.29 is 14.6 Å². The summed E-state index contributed by atoms with van der Waals surface area (Å²) in [7, 11) is 3.04. The summed E-state index contributed by atoms with van der Waals surface area (Å²) in [4.78, 5) is 0. The topological polar surface area (TPSA) is 38.7 Å². The predicted molar refractivity (Wildman–Crippen MR) is 29.5 cm³/mol. The number of aliphatic hydroxyl groups excluding tert-OH is 1. The van der Waals surface area contributed by atoms with E-state index in [9.17, 15) is 0 Å². The van der Waals surface area contributed by atoms with Crippen LogP contribution in [-0.4, -0.2) is 32.2 Å². The van der Waals surface area contributed by atoms with Crippen LogP contribution in [0.2, 0.25) is 0 Å². The maximum absolute atomic E-state index is 8.69. The SMILES string of the molecule is COCCC(O)OC. The molecule has 0 saturated heterocycles. The molecule has 0 bridgehead atoms. The molecular weight excluding hydrogens is 108 g/mol. The Balaban J connectivity index is 2.86. The summed E-state index contributed by atoms with van der Waals surface area (Å²) < 4.78 is 9.20. The Labute approximate surface area is 49.2 Å². The van der Waals surface area contributed by atoms with Gasteiger partial charge in [0.05, 0.1) is 6.61 Å².